The number of carbonyl (C=O) groups excluding carboxylic acids is 1. The second kappa shape index (κ2) is 8.18. The van der Waals surface area contributed by atoms with E-state index in [-0.39, 0.29) is 12.0 Å². The molecule has 0 bridgehead atoms. The molecule has 126 valence electrons. The van der Waals surface area contributed by atoms with Gasteiger partial charge in [-0.2, -0.15) is 0 Å². The minimum Gasteiger partial charge on any atom is -0.491 e. The van der Waals surface area contributed by atoms with E-state index in [0.29, 0.717) is 23.7 Å². The van der Waals surface area contributed by atoms with Crippen molar-refractivity contribution in [1.82, 2.24) is 5.32 Å². The first-order valence-corrected chi connectivity index (χ1v) is 8.45. The van der Waals surface area contributed by atoms with Crippen molar-refractivity contribution in [2.75, 3.05) is 13.2 Å². The molecule has 4 nitrogen and oxygen atoms in total. The van der Waals surface area contributed by atoms with Crippen molar-refractivity contribution in [3.8, 4) is 5.75 Å². The van der Waals surface area contributed by atoms with Crippen LogP contribution in [0.3, 0.4) is 0 Å². The Bertz CT molecular complexity index is 664. The van der Waals surface area contributed by atoms with Crippen LogP contribution in [-0.2, 0) is 11.3 Å². The molecular weight excluding hydrogens is 326 g/mol. The normalized spacial score (nSPS) is 16.8. The lowest BCUT2D eigenvalue weighted by Crippen LogP contribution is -2.22. The van der Waals surface area contributed by atoms with Crippen LogP contribution >= 0.6 is 11.6 Å². The Kier molecular flexibility index (Phi) is 5.72. The van der Waals surface area contributed by atoms with E-state index in [1.807, 2.05) is 24.3 Å². The van der Waals surface area contributed by atoms with Gasteiger partial charge in [-0.25, -0.2) is 0 Å². The number of benzene rings is 2. The first kappa shape index (κ1) is 16.8. The molecule has 1 aliphatic heterocycles. The summed E-state index contributed by atoms with van der Waals surface area (Å²) in [5.74, 6) is 0.698. The Hall–Kier alpha value is -2.04. The van der Waals surface area contributed by atoms with Gasteiger partial charge in [0, 0.05) is 23.7 Å². The highest BCUT2D eigenvalue weighted by Crippen LogP contribution is 2.16. The van der Waals surface area contributed by atoms with Crippen molar-refractivity contribution in [2.45, 2.75) is 25.5 Å². The van der Waals surface area contributed by atoms with Crippen LogP contribution in [0.4, 0.5) is 0 Å². The zero-order chi connectivity index (χ0) is 16.8. The predicted octanol–water partition coefficient (Wildman–Crippen LogP) is 3.83. The summed E-state index contributed by atoms with van der Waals surface area (Å²) >= 11 is 5.82. The summed E-state index contributed by atoms with van der Waals surface area (Å²) in [7, 11) is 0. The zero-order valence-electron chi connectivity index (χ0n) is 13.3. The molecule has 1 heterocycles. The van der Waals surface area contributed by atoms with Gasteiger partial charge >= 0.3 is 0 Å². The number of amides is 1. The molecule has 0 radical (unpaired) electrons. The Morgan fingerprint density at radius 2 is 1.92 bits per heavy atom. The van der Waals surface area contributed by atoms with Crippen molar-refractivity contribution in [2.24, 2.45) is 0 Å². The summed E-state index contributed by atoms with van der Waals surface area (Å²) in [4.78, 5) is 12.1. The maximum atomic E-state index is 12.1. The first-order chi connectivity index (χ1) is 11.7. The van der Waals surface area contributed by atoms with Crippen molar-refractivity contribution < 1.29 is 14.3 Å². The third-order valence-corrected chi connectivity index (χ3v) is 4.19. The molecule has 1 atom stereocenters. The third kappa shape index (κ3) is 4.73. The number of halogens is 1. The van der Waals surface area contributed by atoms with E-state index in [9.17, 15) is 4.79 Å². The SMILES string of the molecule is O=C(NCc1ccc(OCC2CCCO2)cc1)c1ccc(Cl)cc1. The summed E-state index contributed by atoms with van der Waals surface area (Å²) in [6, 6.07) is 14.6. The fourth-order valence-electron chi connectivity index (χ4n) is 2.55. The topological polar surface area (TPSA) is 47.6 Å². The molecule has 1 aliphatic rings. The molecular formula is C19H20ClNO3. The molecule has 1 saturated heterocycles. The minimum atomic E-state index is -0.120. The molecule has 1 unspecified atom stereocenters. The molecule has 24 heavy (non-hydrogen) atoms. The van der Waals surface area contributed by atoms with Crippen LogP contribution in [-0.4, -0.2) is 25.2 Å². The van der Waals surface area contributed by atoms with Gasteiger partial charge in [-0.05, 0) is 54.8 Å². The van der Waals surface area contributed by atoms with Gasteiger partial charge in [0.2, 0.25) is 0 Å². The van der Waals surface area contributed by atoms with Crippen LogP contribution in [0, 0.1) is 0 Å². The lowest BCUT2D eigenvalue weighted by Gasteiger charge is -2.12. The Morgan fingerprint density at radius 1 is 1.17 bits per heavy atom. The third-order valence-electron chi connectivity index (χ3n) is 3.94. The lowest BCUT2D eigenvalue weighted by atomic mass is 10.2. The monoisotopic (exact) mass is 345 g/mol. The van der Waals surface area contributed by atoms with Gasteiger partial charge in [-0.1, -0.05) is 23.7 Å². The molecule has 5 heteroatoms. The van der Waals surface area contributed by atoms with E-state index < -0.39 is 0 Å². The van der Waals surface area contributed by atoms with E-state index >= 15 is 0 Å². The van der Waals surface area contributed by atoms with Gasteiger partial charge in [-0.15, -0.1) is 0 Å². The molecule has 1 fully saturated rings. The molecule has 1 N–H and O–H groups in total. The van der Waals surface area contributed by atoms with Gasteiger partial charge in [0.05, 0.1) is 6.10 Å². The standard InChI is InChI=1S/C19H20ClNO3/c20-16-7-5-15(6-8-16)19(22)21-12-14-3-9-17(10-4-14)24-13-18-2-1-11-23-18/h3-10,18H,1-2,11-13H2,(H,21,22). The summed E-state index contributed by atoms with van der Waals surface area (Å²) in [6.45, 7) is 1.89. The van der Waals surface area contributed by atoms with E-state index in [2.05, 4.69) is 5.32 Å². The minimum absolute atomic E-state index is 0.120. The maximum Gasteiger partial charge on any atom is 0.251 e. The van der Waals surface area contributed by atoms with Gasteiger partial charge in [0.15, 0.2) is 0 Å². The molecule has 2 aromatic carbocycles. The highest BCUT2D eigenvalue weighted by Gasteiger charge is 2.15. The summed E-state index contributed by atoms with van der Waals surface area (Å²) < 4.78 is 11.3. The largest absolute Gasteiger partial charge is 0.491 e. The number of nitrogens with one attached hydrogen (secondary N) is 1. The van der Waals surface area contributed by atoms with Gasteiger partial charge in [-0.3, -0.25) is 4.79 Å². The lowest BCUT2D eigenvalue weighted by molar-refractivity contribution is 0.0679. The average Bonchev–Trinajstić information content (AvgIpc) is 3.13. The molecule has 3 rings (SSSR count). The van der Waals surface area contributed by atoms with E-state index in [1.165, 1.54) is 0 Å². The molecule has 0 aromatic heterocycles. The van der Waals surface area contributed by atoms with Crippen LogP contribution < -0.4 is 10.1 Å². The van der Waals surface area contributed by atoms with E-state index in [1.54, 1.807) is 24.3 Å². The zero-order valence-corrected chi connectivity index (χ0v) is 14.1. The Labute approximate surface area is 146 Å². The fraction of sp³-hybridized carbons (Fsp3) is 0.316. The smallest absolute Gasteiger partial charge is 0.251 e. The Morgan fingerprint density at radius 3 is 2.58 bits per heavy atom. The van der Waals surface area contributed by atoms with Gasteiger partial charge < -0.3 is 14.8 Å². The Balaban J connectivity index is 1.46. The number of ether oxygens (including phenoxy) is 2. The summed E-state index contributed by atoms with van der Waals surface area (Å²) in [5.41, 5.74) is 1.61. The molecule has 0 spiro atoms. The quantitative estimate of drug-likeness (QED) is 0.865. The average molecular weight is 346 g/mol. The van der Waals surface area contributed by atoms with Crippen LogP contribution in [0.1, 0.15) is 28.8 Å². The van der Waals surface area contributed by atoms with Crippen LogP contribution in [0.15, 0.2) is 48.5 Å². The summed E-state index contributed by atoms with van der Waals surface area (Å²) in [6.07, 6.45) is 2.39. The van der Waals surface area contributed by atoms with Crippen molar-refractivity contribution in [1.29, 1.82) is 0 Å². The number of rotatable bonds is 6. The van der Waals surface area contributed by atoms with Crippen LogP contribution in [0.25, 0.3) is 0 Å². The first-order valence-electron chi connectivity index (χ1n) is 8.08. The molecule has 0 aliphatic carbocycles. The highest BCUT2D eigenvalue weighted by molar-refractivity contribution is 6.30. The molecule has 0 saturated carbocycles. The van der Waals surface area contributed by atoms with Gasteiger partial charge in [0.25, 0.3) is 5.91 Å². The van der Waals surface area contributed by atoms with Crippen molar-refractivity contribution in [3.63, 3.8) is 0 Å². The van der Waals surface area contributed by atoms with Crippen molar-refractivity contribution in [3.05, 3.63) is 64.7 Å². The molecule has 1 amide bonds. The fourth-order valence-corrected chi connectivity index (χ4v) is 2.68. The highest BCUT2D eigenvalue weighted by atomic mass is 35.5. The summed E-state index contributed by atoms with van der Waals surface area (Å²) in [5, 5.41) is 3.50. The number of carbonyl (C=O) groups is 1. The van der Waals surface area contributed by atoms with Crippen LogP contribution in [0.2, 0.25) is 5.02 Å². The van der Waals surface area contributed by atoms with Crippen LogP contribution in [0.5, 0.6) is 5.75 Å². The second-order valence-electron chi connectivity index (χ2n) is 5.78. The molecule has 2 aromatic rings. The van der Waals surface area contributed by atoms with E-state index in [0.717, 1.165) is 30.8 Å². The van der Waals surface area contributed by atoms with Gasteiger partial charge in [0.1, 0.15) is 12.4 Å². The predicted molar refractivity (Wildman–Crippen MR) is 93.5 cm³/mol. The second-order valence-corrected chi connectivity index (χ2v) is 6.22. The number of hydrogen-bond acceptors (Lipinski definition) is 3. The van der Waals surface area contributed by atoms with E-state index in [4.69, 9.17) is 21.1 Å². The maximum absolute atomic E-state index is 12.1. The van der Waals surface area contributed by atoms with Crippen molar-refractivity contribution >= 4 is 17.5 Å². The number of hydrogen-bond donors (Lipinski definition) is 1.